The second-order valence-electron chi connectivity index (χ2n) is 5.84. The van der Waals surface area contributed by atoms with E-state index in [9.17, 15) is 14.4 Å². The van der Waals surface area contributed by atoms with Gasteiger partial charge in [-0.25, -0.2) is 4.79 Å². The lowest BCUT2D eigenvalue weighted by atomic mass is 10.1. The van der Waals surface area contributed by atoms with Gasteiger partial charge in [-0.15, -0.1) is 0 Å². The van der Waals surface area contributed by atoms with Crippen molar-refractivity contribution in [3.8, 4) is 5.75 Å². The van der Waals surface area contributed by atoms with Crippen LogP contribution in [-0.2, 0) is 19.1 Å². The first kappa shape index (κ1) is 20.7. The maximum Gasteiger partial charge on any atom is 0.343 e. The molecule has 3 rings (SSSR count). The number of ether oxygens (including phenoxy) is 2. The van der Waals surface area contributed by atoms with Crippen LogP contribution in [0.2, 0.25) is 0 Å². The molecule has 2 aromatic rings. The van der Waals surface area contributed by atoms with Crippen LogP contribution in [0.25, 0.3) is 6.08 Å². The van der Waals surface area contributed by atoms with Crippen LogP contribution in [0.5, 0.6) is 5.75 Å². The Kier molecular flexibility index (Phi) is 6.40. The van der Waals surface area contributed by atoms with Gasteiger partial charge in [0.25, 0.3) is 11.8 Å². The molecule has 1 aliphatic heterocycles. The third-order valence-corrected chi connectivity index (χ3v) is 4.79. The lowest BCUT2D eigenvalue weighted by Gasteiger charge is -2.29. The largest absolute Gasteiger partial charge is 0.481 e. The molecule has 0 unspecified atom stereocenters. The number of carbonyl (C=O) groups is 3. The van der Waals surface area contributed by atoms with Crippen LogP contribution in [0.4, 0.5) is 5.69 Å². The van der Waals surface area contributed by atoms with Gasteiger partial charge in [0.2, 0.25) is 0 Å². The Morgan fingerprint density at radius 3 is 2.55 bits per heavy atom. The van der Waals surface area contributed by atoms with E-state index in [1.54, 1.807) is 48.5 Å². The number of amides is 2. The SMILES string of the molecule is COC(=O)COc1ccccc1/C=C1/C(=O)NC(=S)N(c2ccc(Br)cc2)C1=O. The van der Waals surface area contributed by atoms with Crippen molar-refractivity contribution in [2.45, 2.75) is 0 Å². The number of hydrogen-bond acceptors (Lipinski definition) is 6. The Morgan fingerprint density at radius 2 is 1.86 bits per heavy atom. The second kappa shape index (κ2) is 8.97. The highest BCUT2D eigenvalue weighted by molar-refractivity contribution is 9.10. The first-order valence-corrected chi connectivity index (χ1v) is 9.56. The first-order valence-electron chi connectivity index (χ1n) is 8.36. The zero-order valence-electron chi connectivity index (χ0n) is 15.2. The van der Waals surface area contributed by atoms with Crippen LogP contribution in [0, 0.1) is 0 Å². The number of halogens is 1. The lowest BCUT2D eigenvalue weighted by Crippen LogP contribution is -2.54. The molecular formula is C20H15BrN2O5S. The molecule has 0 aromatic heterocycles. The molecule has 1 saturated heterocycles. The van der Waals surface area contributed by atoms with Gasteiger partial charge in [0.05, 0.1) is 12.8 Å². The predicted molar refractivity (Wildman–Crippen MR) is 114 cm³/mol. The van der Waals surface area contributed by atoms with Crippen molar-refractivity contribution in [2.24, 2.45) is 0 Å². The molecule has 2 amide bonds. The first-order chi connectivity index (χ1) is 13.9. The van der Waals surface area contributed by atoms with E-state index in [-0.39, 0.29) is 17.3 Å². The van der Waals surface area contributed by atoms with E-state index < -0.39 is 17.8 Å². The summed E-state index contributed by atoms with van der Waals surface area (Å²) in [6.45, 7) is -0.300. The summed E-state index contributed by atoms with van der Waals surface area (Å²) in [6.07, 6.45) is 1.40. The lowest BCUT2D eigenvalue weighted by molar-refractivity contribution is -0.143. The molecule has 0 aliphatic carbocycles. The summed E-state index contributed by atoms with van der Waals surface area (Å²) >= 11 is 8.52. The van der Waals surface area contributed by atoms with Crippen LogP contribution < -0.4 is 15.0 Å². The van der Waals surface area contributed by atoms with Crippen molar-refractivity contribution in [1.29, 1.82) is 0 Å². The number of rotatable bonds is 5. The Bertz CT molecular complexity index is 1020. The molecule has 1 N–H and O–H groups in total. The molecular weight excluding hydrogens is 460 g/mol. The third-order valence-electron chi connectivity index (χ3n) is 3.98. The van der Waals surface area contributed by atoms with Gasteiger partial charge in [-0.1, -0.05) is 34.1 Å². The zero-order chi connectivity index (χ0) is 21.0. The quantitative estimate of drug-likeness (QED) is 0.310. The Balaban J connectivity index is 1.95. The fourth-order valence-corrected chi connectivity index (χ4v) is 3.11. The van der Waals surface area contributed by atoms with E-state index in [2.05, 4.69) is 26.0 Å². The fourth-order valence-electron chi connectivity index (χ4n) is 2.56. The standard InChI is InChI=1S/C20H15BrN2O5S/c1-27-17(24)11-28-16-5-3-2-4-12(16)10-15-18(25)22-20(29)23(19(15)26)14-8-6-13(21)7-9-14/h2-10H,11H2,1H3,(H,22,25,29)/b15-10-. The monoisotopic (exact) mass is 474 g/mol. The summed E-state index contributed by atoms with van der Waals surface area (Å²) in [5.41, 5.74) is 0.860. The molecule has 1 fully saturated rings. The van der Waals surface area contributed by atoms with E-state index in [0.717, 1.165) is 4.47 Å². The molecule has 1 heterocycles. The summed E-state index contributed by atoms with van der Waals surface area (Å²) in [4.78, 5) is 38.1. The number of para-hydroxylation sites is 1. The van der Waals surface area contributed by atoms with E-state index in [4.69, 9.17) is 17.0 Å². The van der Waals surface area contributed by atoms with Crippen molar-refractivity contribution in [1.82, 2.24) is 5.32 Å². The van der Waals surface area contributed by atoms with Gasteiger partial charge in [0, 0.05) is 10.0 Å². The topological polar surface area (TPSA) is 84.9 Å². The Labute approximate surface area is 180 Å². The summed E-state index contributed by atoms with van der Waals surface area (Å²) in [5, 5.41) is 2.52. The molecule has 0 spiro atoms. The highest BCUT2D eigenvalue weighted by atomic mass is 79.9. The number of esters is 1. The fraction of sp³-hybridized carbons (Fsp3) is 0.100. The minimum Gasteiger partial charge on any atom is -0.481 e. The van der Waals surface area contributed by atoms with Crippen LogP contribution >= 0.6 is 28.1 Å². The van der Waals surface area contributed by atoms with Gasteiger partial charge in [-0.05, 0) is 48.6 Å². The number of anilines is 1. The average Bonchev–Trinajstić information content (AvgIpc) is 2.71. The van der Waals surface area contributed by atoms with Crippen LogP contribution in [0.3, 0.4) is 0 Å². The summed E-state index contributed by atoms with van der Waals surface area (Å²) in [5.74, 6) is -1.40. The Hall–Kier alpha value is -3.04. The molecule has 9 heteroatoms. The number of thiocarbonyl (C=S) groups is 1. The molecule has 0 saturated carbocycles. The smallest absolute Gasteiger partial charge is 0.343 e. The number of methoxy groups -OCH3 is 1. The zero-order valence-corrected chi connectivity index (χ0v) is 17.6. The van der Waals surface area contributed by atoms with Gasteiger partial charge in [0.1, 0.15) is 11.3 Å². The summed E-state index contributed by atoms with van der Waals surface area (Å²) in [6, 6.07) is 13.7. The minimum absolute atomic E-state index is 0.00491. The molecule has 0 atom stereocenters. The van der Waals surface area contributed by atoms with Gasteiger partial charge >= 0.3 is 5.97 Å². The predicted octanol–water partition coefficient (Wildman–Crippen LogP) is 2.83. The average molecular weight is 475 g/mol. The molecule has 29 heavy (non-hydrogen) atoms. The second-order valence-corrected chi connectivity index (χ2v) is 7.14. The minimum atomic E-state index is -0.615. The molecule has 2 aromatic carbocycles. The van der Waals surface area contributed by atoms with Crippen molar-refractivity contribution in [3.63, 3.8) is 0 Å². The maximum absolute atomic E-state index is 13.0. The van der Waals surface area contributed by atoms with Gasteiger partial charge in [-0.2, -0.15) is 0 Å². The number of nitrogens with zero attached hydrogens (tertiary/aromatic N) is 1. The van der Waals surface area contributed by atoms with Crippen LogP contribution in [-0.4, -0.2) is 36.6 Å². The third kappa shape index (κ3) is 4.69. The highest BCUT2D eigenvalue weighted by Crippen LogP contribution is 2.26. The van der Waals surface area contributed by atoms with E-state index >= 15 is 0 Å². The number of nitrogens with one attached hydrogen (secondary N) is 1. The van der Waals surface area contributed by atoms with Gasteiger partial charge < -0.3 is 9.47 Å². The molecule has 1 aliphatic rings. The highest BCUT2D eigenvalue weighted by Gasteiger charge is 2.34. The van der Waals surface area contributed by atoms with Gasteiger partial charge in [0.15, 0.2) is 11.7 Å². The van der Waals surface area contributed by atoms with Crippen molar-refractivity contribution < 1.29 is 23.9 Å². The van der Waals surface area contributed by atoms with E-state index in [1.807, 2.05) is 0 Å². The van der Waals surface area contributed by atoms with Crippen molar-refractivity contribution in [3.05, 3.63) is 64.1 Å². The number of carbonyl (C=O) groups excluding carboxylic acids is 3. The van der Waals surface area contributed by atoms with E-state index in [1.165, 1.54) is 18.1 Å². The Morgan fingerprint density at radius 1 is 1.17 bits per heavy atom. The van der Waals surface area contributed by atoms with E-state index in [0.29, 0.717) is 17.0 Å². The maximum atomic E-state index is 13.0. The van der Waals surface area contributed by atoms with Gasteiger partial charge in [-0.3, -0.25) is 19.8 Å². The normalized spacial score (nSPS) is 15.3. The van der Waals surface area contributed by atoms with Crippen LogP contribution in [0.1, 0.15) is 5.56 Å². The molecule has 0 radical (unpaired) electrons. The summed E-state index contributed by atoms with van der Waals surface area (Å²) < 4.78 is 10.8. The molecule has 0 bridgehead atoms. The number of benzene rings is 2. The summed E-state index contributed by atoms with van der Waals surface area (Å²) in [7, 11) is 1.25. The van der Waals surface area contributed by atoms with Crippen LogP contribution in [0.15, 0.2) is 58.6 Å². The number of hydrogen-bond donors (Lipinski definition) is 1. The van der Waals surface area contributed by atoms with Crippen molar-refractivity contribution in [2.75, 3.05) is 18.6 Å². The van der Waals surface area contributed by atoms with Crippen molar-refractivity contribution >= 4 is 62.8 Å². The molecule has 148 valence electrons. The molecule has 7 nitrogen and oxygen atoms in total.